The van der Waals surface area contributed by atoms with Gasteiger partial charge in [0.25, 0.3) is 0 Å². The fraction of sp³-hybridized carbons (Fsp3) is 0.368. The predicted molar refractivity (Wildman–Crippen MR) is 100 cm³/mol. The van der Waals surface area contributed by atoms with Crippen molar-refractivity contribution >= 4 is 23.0 Å². The lowest BCUT2D eigenvalue weighted by atomic mass is 9.99. The number of likely N-dealkylation sites (N-methyl/N-ethyl adjacent to an activating group) is 1. The lowest BCUT2D eigenvalue weighted by Gasteiger charge is -2.36. The van der Waals surface area contributed by atoms with Crippen LogP contribution in [0, 0.1) is 6.92 Å². The summed E-state index contributed by atoms with van der Waals surface area (Å²) in [6.45, 7) is 9.69. The Morgan fingerprint density at radius 2 is 1.74 bits per heavy atom. The average Bonchev–Trinajstić information content (AvgIpc) is 2.58. The highest BCUT2D eigenvalue weighted by atomic mass is 35.5. The molecule has 1 aliphatic rings. The Bertz CT molecular complexity index is 691. The van der Waals surface area contributed by atoms with E-state index in [9.17, 15) is 0 Å². The number of nitrogen functional groups attached to an aromatic ring is 1. The van der Waals surface area contributed by atoms with Crippen LogP contribution >= 0.6 is 11.6 Å². The maximum absolute atomic E-state index is 6.50. The molecule has 0 aliphatic carbocycles. The molecule has 0 amide bonds. The third kappa shape index (κ3) is 3.31. The Morgan fingerprint density at radius 3 is 2.39 bits per heavy atom. The SMILES string of the molecule is CCN1CCN(c2cc(N)c(Cl)c(-c3ccccc3C)c2)CC1. The Hall–Kier alpha value is -1.71. The molecule has 0 saturated carbocycles. The van der Waals surface area contributed by atoms with Crippen LogP contribution in [0.1, 0.15) is 12.5 Å². The van der Waals surface area contributed by atoms with Crippen LogP contribution in [0.2, 0.25) is 5.02 Å². The third-order valence-corrected chi connectivity index (χ3v) is 5.13. The number of rotatable bonds is 3. The molecule has 0 atom stereocenters. The van der Waals surface area contributed by atoms with Gasteiger partial charge in [0.05, 0.1) is 10.7 Å². The van der Waals surface area contributed by atoms with Crippen LogP contribution in [0.25, 0.3) is 11.1 Å². The van der Waals surface area contributed by atoms with Gasteiger partial charge in [-0.3, -0.25) is 0 Å². The lowest BCUT2D eigenvalue weighted by molar-refractivity contribution is 0.271. The van der Waals surface area contributed by atoms with Crippen LogP contribution in [0.4, 0.5) is 11.4 Å². The van der Waals surface area contributed by atoms with Gasteiger partial charge in [0.1, 0.15) is 0 Å². The van der Waals surface area contributed by atoms with Crippen molar-refractivity contribution in [2.75, 3.05) is 43.4 Å². The number of aryl methyl sites for hydroxylation is 1. The highest BCUT2D eigenvalue weighted by Gasteiger charge is 2.18. The molecule has 3 rings (SSSR count). The minimum Gasteiger partial charge on any atom is -0.397 e. The number of nitrogens with two attached hydrogens (primary N) is 1. The van der Waals surface area contributed by atoms with E-state index in [4.69, 9.17) is 17.3 Å². The van der Waals surface area contributed by atoms with E-state index in [0.717, 1.165) is 43.9 Å². The van der Waals surface area contributed by atoms with Crippen LogP contribution in [0.5, 0.6) is 0 Å². The molecule has 0 spiro atoms. The van der Waals surface area contributed by atoms with E-state index in [2.05, 4.69) is 41.8 Å². The average molecular weight is 330 g/mol. The first-order chi connectivity index (χ1) is 11.1. The van der Waals surface area contributed by atoms with Gasteiger partial charge in [-0.1, -0.05) is 42.8 Å². The van der Waals surface area contributed by atoms with Crippen molar-refractivity contribution in [2.24, 2.45) is 0 Å². The van der Waals surface area contributed by atoms with Crippen molar-refractivity contribution in [3.63, 3.8) is 0 Å². The van der Waals surface area contributed by atoms with E-state index in [0.29, 0.717) is 10.7 Å². The van der Waals surface area contributed by atoms with E-state index in [-0.39, 0.29) is 0 Å². The molecule has 1 aliphatic heterocycles. The number of halogens is 1. The molecule has 0 radical (unpaired) electrons. The molecule has 4 heteroatoms. The number of piperazine rings is 1. The highest BCUT2D eigenvalue weighted by molar-refractivity contribution is 6.36. The van der Waals surface area contributed by atoms with Crippen molar-refractivity contribution in [3.8, 4) is 11.1 Å². The van der Waals surface area contributed by atoms with E-state index in [1.54, 1.807) is 0 Å². The van der Waals surface area contributed by atoms with Crippen LogP contribution in [0.15, 0.2) is 36.4 Å². The van der Waals surface area contributed by atoms with Gasteiger partial charge in [0, 0.05) is 37.4 Å². The van der Waals surface area contributed by atoms with Gasteiger partial charge in [0.15, 0.2) is 0 Å². The first kappa shape index (κ1) is 16.2. The molecule has 3 nitrogen and oxygen atoms in total. The molecule has 23 heavy (non-hydrogen) atoms. The minimum atomic E-state index is 0.648. The zero-order valence-corrected chi connectivity index (χ0v) is 14.6. The molecule has 2 aromatic carbocycles. The van der Waals surface area contributed by atoms with Gasteiger partial charge >= 0.3 is 0 Å². The molecule has 0 bridgehead atoms. The number of hydrogen-bond donors (Lipinski definition) is 1. The smallest absolute Gasteiger partial charge is 0.0715 e. The second kappa shape index (κ2) is 6.81. The Labute approximate surface area is 143 Å². The maximum atomic E-state index is 6.50. The van der Waals surface area contributed by atoms with Crippen molar-refractivity contribution in [1.29, 1.82) is 0 Å². The van der Waals surface area contributed by atoms with E-state index in [1.165, 1.54) is 11.3 Å². The van der Waals surface area contributed by atoms with E-state index >= 15 is 0 Å². The number of hydrogen-bond acceptors (Lipinski definition) is 3. The summed E-state index contributed by atoms with van der Waals surface area (Å²) in [5, 5.41) is 0.648. The molecule has 0 unspecified atom stereocenters. The van der Waals surface area contributed by atoms with Crippen molar-refractivity contribution in [1.82, 2.24) is 4.90 Å². The summed E-state index contributed by atoms with van der Waals surface area (Å²) in [4.78, 5) is 4.87. The molecule has 0 aromatic heterocycles. The molecular formula is C19H24ClN3. The standard InChI is InChI=1S/C19H24ClN3/c1-3-22-8-10-23(11-9-22)15-12-17(19(20)18(21)13-15)16-7-5-4-6-14(16)2/h4-7,12-13H,3,8-11,21H2,1-2H3. The van der Waals surface area contributed by atoms with Crippen molar-refractivity contribution in [3.05, 3.63) is 47.0 Å². The maximum Gasteiger partial charge on any atom is 0.0715 e. The molecule has 2 aromatic rings. The molecule has 122 valence electrons. The Balaban J connectivity index is 1.96. The summed E-state index contributed by atoms with van der Waals surface area (Å²) in [6, 6.07) is 12.5. The second-order valence-corrected chi connectivity index (χ2v) is 6.51. The van der Waals surface area contributed by atoms with Crippen LogP contribution < -0.4 is 10.6 Å². The highest BCUT2D eigenvalue weighted by Crippen LogP contribution is 2.38. The summed E-state index contributed by atoms with van der Waals surface area (Å²) < 4.78 is 0. The fourth-order valence-corrected chi connectivity index (χ4v) is 3.42. The van der Waals surface area contributed by atoms with Gasteiger partial charge in [0.2, 0.25) is 0 Å². The molecule has 1 fully saturated rings. The fourth-order valence-electron chi connectivity index (χ4n) is 3.21. The van der Waals surface area contributed by atoms with Crippen LogP contribution in [-0.4, -0.2) is 37.6 Å². The van der Waals surface area contributed by atoms with E-state index < -0.39 is 0 Å². The monoisotopic (exact) mass is 329 g/mol. The van der Waals surface area contributed by atoms with Crippen LogP contribution in [0.3, 0.4) is 0 Å². The minimum absolute atomic E-state index is 0.648. The lowest BCUT2D eigenvalue weighted by Crippen LogP contribution is -2.46. The van der Waals surface area contributed by atoms with E-state index in [1.807, 2.05) is 18.2 Å². The number of anilines is 2. The van der Waals surface area contributed by atoms with Crippen LogP contribution in [-0.2, 0) is 0 Å². The van der Waals surface area contributed by atoms with Crippen molar-refractivity contribution < 1.29 is 0 Å². The van der Waals surface area contributed by atoms with Gasteiger partial charge in [-0.05, 0) is 36.7 Å². The zero-order chi connectivity index (χ0) is 16.4. The largest absolute Gasteiger partial charge is 0.397 e. The summed E-state index contributed by atoms with van der Waals surface area (Å²) >= 11 is 6.50. The topological polar surface area (TPSA) is 32.5 Å². The van der Waals surface area contributed by atoms with Gasteiger partial charge in [-0.15, -0.1) is 0 Å². The Morgan fingerprint density at radius 1 is 1.04 bits per heavy atom. The van der Waals surface area contributed by atoms with Gasteiger partial charge in [-0.25, -0.2) is 0 Å². The molecule has 2 N–H and O–H groups in total. The zero-order valence-electron chi connectivity index (χ0n) is 13.8. The molecule has 1 saturated heterocycles. The van der Waals surface area contributed by atoms with Gasteiger partial charge in [-0.2, -0.15) is 0 Å². The summed E-state index contributed by atoms with van der Waals surface area (Å²) in [7, 11) is 0. The number of benzene rings is 2. The normalized spacial score (nSPS) is 15.9. The second-order valence-electron chi connectivity index (χ2n) is 6.13. The Kier molecular flexibility index (Phi) is 4.79. The van der Waals surface area contributed by atoms with Crippen molar-refractivity contribution in [2.45, 2.75) is 13.8 Å². The molecular weight excluding hydrogens is 306 g/mol. The quantitative estimate of drug-likeness (QED) is 0.863. The third-order valence-electron chi connectivity index (χ3n) is 4.71. The number of nitrogens with zero attached hydrogens (tertiary/aromatic N) is 2. The first-order valence-electron chi connectivity index (χ1n) is 8.22. The first-order valence-corrected chi connectivity index (χ1v) is 8.60. The molecule has 1 heterocycles. The summed E-state index contributed by atoms with van der Waals surface area (Å²) in [6.07, 6.45) is 0. The summed E-state index contributed by atoms with van der Waals surface area (Å²) in [5.74, 6) is 0. The summed E-state index contributed by atoms with van der Waals surface area (Å²) in [5.41, 5.74) is 11.4. The van der Waals surface area contributed by atoms with Gasteiger partial charge < -0.3 is 15.5 Å². The predicted octanol–water partition coefficient (Wildman–Crippen LogP) is 4.04.